The van der Waals surface area contributed by atoms with E-state index in [0.29, 0.717) is 25.9 Å². The number of carbonyl (C=O) groups is 1. The molecular weight excluding hydrogens is 444 g/mol. The minimum absolute atomic E-state index is 0.163. The van der Waals surface area contributed by atoms with Gasteiger partial charge in [-0.2, -0.15) is 5.10 Å². The number of hydrogen-bond donors (Lipinski definition) is 0. The second kappa shape index (κ2) is 9.27. The van der Waals surface area contributed by atoms with Crippen molar-refractivity contribution in [3.63, 3.8) is 0 Å². The number of fused-ring (bicyclic) bond motifs is 1. The standard InChI is InChI=1S/C26H28N6O3/c1-29-15-21(13-28-29)26(34)30(2)22-6-8-32(9-7-22)23-11-19(12-27-14-23)18-4-5-24-20(10-18)17-35-25(16-33)31(24)3/h4-5,10-15,22H,6-9,17H2,1-3H3/i2D3. The predicted molar refractivity (Wildman–Crippen MR) is 133 cm³/mol. The lowest BCUT2D eigenvalue weighted by Gasteiger charge is -2.37. The van der Waals surface area contributed by atoms with Gasteiger partial charge in [-0.3, -0.25) is 14.5 Å². The number of rotatable bonds is 4. The Balaban J connectivity index is 1.31. The molecule has 0 atom stereocenters. The summed E-state index contributed by atoms with van der Waals surface area (Å²) in [7, 11) is 3.45. The first-order valence-corrected chi connectivity index (χ1v) is 11.4. The number of pyridine rings is 1. The summed E-state index contributed by atoms with van der Waals surface area (Å²) in [4.78, 5) is 33.5. The summed E-state index contributed by atoms with van der Waals surface area (Å²) in [6, 6.07) is 7.60. The molecule has 0 N–H and O–H groups in total. The molecule has 2 aliphatic rings. The fourth-order valence-corrected chi connectivity index (χ4v) is 4.64. The maximum Gasteiger partial charge on any atom is 0.282 e. The highest BCUT2D eigenvalue weighted by atomic mass is 16.5. The molecule has 0 radical (unpaired) electrons. The fraction of sp³-hybridized carbons (Fsp3) is 0.346. The van der Waals surface area contributed by atoms with Crippen molar-refractivity contribution in [3.05, 3.63) is 66.1 Å². The molecule has 0 bridgehead atoms. The van der Waals surface area contributed by atoms with Crippen LogP contribution in [0.5, 0.6) is 0 Å². The van der Waals surface area contributed by atoms with Crippen LogP contribution in [0, 0.1) is 0 Å². The molecule has 4 heterocycles. The molecule has 2 aliphatic heterocycles. The Morgan fingerprint density at radius 1 is 1.17 bits per heavy atom. The number of amides is 1. The average Bonchev–Trinajstić information content (AvgIpc) is 3.35. The first kappa shape index (κ1) is 19.2. The molecule has 0 saturated carbocycles. The third-order valence-corrected chi connectivity index (χ3v) is 6.62. The lowest BCUT2D eigenvalue weighted by atomic mass is 10.0. The van der Waals surface area contributed by atoms with Gasteiger partial charge in [0.2, 0.25) is 0 Å². The summed E-state index contributed by atoms with van der Waals surface area (Å²) >= 11 is 0. The zero-order chi connectivity index (χ0) is 27.0. The number of benzene rings is 1. The van der Waals surface area contributed by atoms with E-state index in [1.807, 2.05) is 24.1 Å². The minimum atomic E-state index is -2.55. The molecule has 9 nitrogen and oxygen atoms in total. The molecule has 35 heavy (non-hydrogen) atoms. The number of nitrogens with zero attached hydrogens (tertiary/aromatic N) is 6. The van der Waals surface area contributed by atoms with Crippen molar-refractivity contribution in [2.24, 2.45) is 7.05 Å². The van der Waals surface area contributed by atoms with E-state index in [-0.39, 0.29) is 18.1 Å². The summed E-state index contributed by atoms with van der Waals surface area (Å²) < 4.78 is 31.0. The monoisotopic (exact) mass is 475 g/mol. The lowest BCUT2D eigenvalue weighted by molar-refractivity contribution is 0.0709. The Hall–Kier alpha value is -4.10. The van der Waals surface area contributed by atoms with E-state index in [0.717, 1.165) is 33.0 Å². The number of piperidine rings is 1. The van der Waals surface area contributed by atoms with Gasteiger partial charge < -0.3 is 19.4 Å². The normalized spacial score (nSPS) is 17.5. The number of ether oxygens (including phenoxy) is 1. The molecule has 5 rings (SSSR count). The third kappa shape index (κ3) is 4.38. The van der Waals surface area contributed by atoms with Gasteiger partial charge in [0.05, 0.1) is 29.3 Å². The van der Waals surface area contributed by atoms with Crippen LogP contribution in [0.3, 0.4) is 0 Å². The van der Waals surface area contributed by atoms with Crippen molar-refractivity contribution < 1.29 is 18.4 Å². The van der Waals surface area contributed by atoms with Crippen LogP contribution in [0.4, 0.5) is 11.4 Å². The van der Waals surface area contributed by atoms with E-state index in [1.54, 1.807) is 31.4 Å². The molecule has 0 unspecified atom stereocenters. The number of anilines is 2. The van der Waals surface area contributed by atoms with Crippen molar-refractivity contribution >= 4 is 23.2 Å². The SMILES string of the molecule is [2H]C([2H])([2H])N(C(=O)c1cnn(C)c1)C1CCN(c2cncc(-c3ccc4c(c3)COC(=C=O)N4C)c2)CC1. The molecule has 2 aromatic heterocycles. The maximum atomic E-state index is 13.1. The van der Waals surface area contributed by atoms with Gasteiger partial charge in [-0.25, -0.2) is 4.79 Å². The van der Waals surface area contributed by atoms with Crippen LogP contribution in [-0.4, -0.2) is 64.7 Å². The molecule has 1 saturated heterocycles. The highest BCUT2D eigenvalue weighted by molar-refractivity contribution is 5.93. The van der Waals surface area contributed by atoms with Crippen molar-refractivity contribution in [2.45, 2.75) is 25.5 Å². The number of hydrogen-bond acceptors (Lipinski definition) is 7. The van der Waals surface area contributed by atoms with Gasteiger partial charge in [-0.05, 0) is 36.6 Å². The van der Waals surface area contributed by atoms with Crippen LogP contribution in [0.2, 0.25) is 0 Å². The average molecular weight is 476 g/mol. The number of aryl methyl sites for hydroxylation is 1. The lowest BCUT2D eigenvalue weighted by Crippen LogP contribution is -2.45. The first-order valence-electron chi connectivity index (χ1n) is 12.9. The summed E-state index contributed by atoms with van der Waals surface area (Å²) in [5.74, 6) is 1.45. The minimum Gasteiger partial charge on any atom is -0.466 e. The zero-order valence-corrected chi connectivity index (χ0v) is 19.6. The van der Waals surface area contributed by atoms with E-state index < -0.39 is 18.9 Å². The van der Waals surface area contributed by atoms with Crippen LogP contribution in [0.15, 0.2) is 54.9 Å². The van der Waals surface area contributed by atoms with Gasteiger partial charge in [0.25, 0.3) is 11.8 Å². The van der Waals surface area contributed by atoms with E-state index in [2.05, 4.69) is 21.0 Å². The Morgan fingerprint density at radius 2 is 2.00 bits per heavy atom. The van der Waals surface area contributed by atoms with E-state index in [4.69, 9.17) is 8.85 Å². The summed E-state index contributed by atoms with van der Waals surface area (Å²) in [5, 5.41) is 4.01. The maximum absolute atomic E-state index is 13.1. The number of carbonyl (C=O) groups excluding carboxylic acids is 2. The second-order valence-corrected chi connectivity index (χ2v) is 8.83. The van der Waals surface area contributed by atoms with E-state index >= 15 is 0 Å². The molecule has 9 heteroatoms. The Morgan fingerprint density at radius 3 is 2.71 bits per heavy atom. The third-order valence-electron chi connectivity index (χ3n) is 6.62. The van der Waals surface area contributed by atoms with Crippen LogP contribution < -0.4 is 9.80 Å². The van der Waals surface area contributed by atoms with Crippen LogP contribution >= 0.6 is 0 Å². The smallest absolute Gasteiger partial charge is 0.282 e. The zero-order valence-electron chi connectivity index (χ0n) is 22.6. The van der Waals surface area contributed by atoms with Crippen LogP contribution in [-0.2, 0) is 23.2 Å². The van der Waals surface area contributed by atoms with Gasteiger partial charge in [0, 0.05) is 67.8 Å². The van der Waals surface area contributed by atoms with Gasteiger partial charge in [-0.15, -0.1) is 0 Å². The summed E-state index contributed by atoms with van der Waals surface area (Å²) in [6.07, 6.45) is 7.56. The molecule has 1 amide bonds. The van der Waals surface area contributed by atoms with Crippen LogP contribution in [0.25, 0.3) is 11.1 Å². The van der Waals surface area contributed by atoms with E-state index in [9.17, 15) is 9.59 Å². The van der Waals surface area contributed by atoms with Crippen LogP contribution in [0.1, 0.15) is 32.9 Å². The van der Waals surface area contributed by atoms with Crippen molar-refractivity contribution in [2.75, 3.05) is 36.9 Å². The highest BCUT2D eigenvalue weighted by Gasteiger charge is 2.27. The number of aromatic nitrogens is 3. The molecule has 1 aromatic carbocycles. The summed E-state index contributed by atoms with van der Waals surface area (Å²) in [5.41, 5.74) is 4.95. The van der Waals surface area contributed by atoms with Crippen molar-refractivity contribution in [1.29, 1.82) is 0 Å². The second-order valence-electron chi connectivity index (χ2n) is 8.83. The molecule has 1 fully saturated rings. The van der Waals surface area contributed by atoms with Gasteiger partial charge in [0.15, 0.2) is 5.94 Å². The molecule has 180 valence electrons. The fourth-order valence-electron chi connectivity index (χ4n) is 4.64. The predicted octanol–water partition coefficient (Wildman–Crippen LogP) is 2.86. The van der Waals surface area contributed by atoms with Crippen molar-refractivity contribution in [1.82, 2.24) is 19.7 Å². The Labute approximate surface area is 208 Å². The topological polar surface area (TPSA) is 83.8 Å². The van der Waals surface area contributed by atoms with E-state index in [1.165, 1.54) is 17.1 Å². The Kier molecular flexibility index (Phi) is 5.09. The summed E-state index contributed by atoms with van der Waals surface area (Å²) in [6.45, 7) is -1.08. The molecule has 3 aromatic rings. The Bertz CT molecular complexity index is 1410. The largest absolute Gasteiger partial charge is 0.466 e. The first-order chi connectivity index (χ1) is 18.2. The van der Waals surface area contributed by atoms with Gasteiger partial charge in [-0.1, -0.05) is 6.07 Å². The van der Waals surface area contributed by atoms with Crippen molar-refractivity contribution in [3.8, 4) is 11.1 Å². The van der Waals surface area contributed by atoms with Gasteiger partial charge >= 0.3 is 0 Å². The van der Waals surface area contributed by atoms with Gasteiger partial charge in [0.1, 0.15) is 6.61 Å². The quantitative estimate of drug-likeness (QED) is 0.537. The molecular formula is C26H28N6O3. The molecule has 0 spiro atoms. The molecule has 0 aliphatic carbocycles. The highest BCUT2D eigenvalue weighted by Crippen LogP contribution is 2.34.